The van der Waals surface area contributed by atoms with Crippen molar-refractivity contribution in [3.05, 3.63) is 35.4 Å². The van der Waals surface area contributed by atoms with Gasteiger partial charge in [-0.05, 0) is 62.8 Å². The Labute approximate surface area is 135 Å². The molecule has 118 valence electrons. The number of rotatable bonds is 7. The Morgan fingerprint density at radius 1 is 1.14 bits per heavy atom. The second-order valence-corrected chi connectivity index (χ2v) is 7.58. The van der Waals surface area contributed by atoms with Crippen LogP contribution in [0.1, 0.15) is 69.5 Å². The predicted molar refractivity (Wildman–Crippen MR) is 96.2 cm³/mol. The van der Waals surface area contributed by atoms with Gasteiger partial charge in [0.2, 0.25) is 0 Å². The molecule has 1 atom stereocenters. The van der Waals surface area contributed by atoms with Gasteiger partial charge >= 0.3 is 0 Å². The molecule has 2 heteroatoms. The average Bonchev–Trinajstić information content (AvgIpc) is 2.54. The van der Waals surface area contributed by atoms with Crippen molar-refractivity contribution in [2.24, 2.45) is 0 Å². The van der Waals surface area contributed by atoms with E-state index >= 15 is 0 Å². The van der Waals surface area contributed by atoms with Gasteiger partial charge in [-0.15, -0.1) is 0 Å². The van der Waals surface area contributed by atoms with E-state index in [2.05, 4.69) is 49.7 Å². The minimum absolute atomic E-state index is 0.473. The van der Waals surface area contributed by atoms with Crippen LogP contribution in [0.2, 0.25) is 0 Å². The average molecular weight is 306 g/mol. The van der Waals surface area contributed by atoms with Crippen LogP contribution in [0.3, 0.4) is 0 Å². The van der Waals surface area contributed by atoms with Gasteiger partial charge in [0.05, 0.1) is 0 Å². The Morgan fingerprint density at radius 3 is 2.38 bits per heavy atom. The molecule has 0 radical (unpaired) electrons. The van der Waals surface area contributed by atoms with Gasteiger partial charge in [0.1, 0.15) is 0 Å². The first kappa shape index (κ1) is 16.9. The molecule has 1 saturated carbocycles. The van der Waals surface area contributed by atoms with Crippen molar-refractivity contribution in [2.75, 3.05) is 6.26 Å². The predicted octanol–water partition coefficient (Wildman–Crippen LogP) is 5.35. The molecular weight excluding hydrogens is 274 g/mol. The minimum Gasteiger partial charge on any atom is -0.307 e. The van der Waals surface area contributed by atoms with Crippen molar-refractivity contribution >= 4 is 11.8 Å². The quantitative estimate of drug-likeness (QED) is 0.728. The molecule has 1 aliphatic carbocycles. The van der Waals surface area contributed by atoms with Crippen molar-refractivity contribution in [2.45, 2.75) is 76.1 Å². The van der Waals surface area contributed by atoms with E-state index in [4.69, 9.17) is 0 Å². The lowest BCUT2D eigenvalue weighted by Crippen LogP contribution is -2.35. The van der Waals surface area contributed by atoms with E-state index in [1.807, 2.05) is 11.8 Å². The van der Waals surface area contributed by atoms with Crippen molar-refractivity contribution in [1.82, 2.24) is 5.32 Å². The van der Waals surface area contributed by atoms with Crippen molar-refractivity contribution < 1.29 is 0 Å². The normalized spacial score (nSPS) is 24.0. The molecule has 21 heavy (non-hydrogen) atoms. The Balaban J connectivity index is 1.81. The van der Waals surface area contributed by atoms with Gasteiger partial charge in [0.25, 0.3) is 0 Å². The largest absolute Gasteiger partial charge is 0.307 e. The lowest BCUT2D eigenvalue weighted by atomic mass is 9.93. The number of thioether (sulfide) groups is 1. The first-order valence-corrected chi connectivity index (χ1v) is 9.89. The molecule has 1 nitrogen and oxygen atoms in total. The van der Waals surface area contributed by atoms with E-state index in [1.165, 1.54) is 56.1 Å². The van der Waals surface area contributed by atoms with Gasteiger partial charge < -0.3 is 5.32 Å². The molecule has 1 N–H and O–H groups in total. The molecule has 1 unspecified atom stereocenters. The summed E-state index contributed by atoms with van der Waals surface area (Å²) in [5.74, 6) is 0. The number of hydrogen-bond donors (Lipinski definition) is 1. The van der Waals surface area contributed by atoms with Gasteiger partial charge in [0.15, 0.2) is 0 Å². The summed E-state index contributed by atoms with van der Waals surface area (Å²) in [7, 11) is 0. The maximum absolute atomic E-state index is 3.83. The molecule has 0 saturated heterocycles. The van der Waals surface area contributed by atoms with Crippen LogP contribution in [0.5, 0.6) is 0 Å². The Hall–Kier alpha value is -0.470. The molecule has 0 aliphatic heterocycles. The fourth-order valence-corrected chi connectivity index (χ4v) is 4.01. The highest BCUT2D eigenvalue weighted by molar-refractivity contribution is 7.99. The first-order valence-electron chi connectivity index (χ1n) is 8.60. The summed E-state index contributed by atoms with van der Waals surface area (Å²) in [4.78, 5) is 0. The zero-order valence-corrected chi connectivity index (χ0v) is 14.7. The van der Waals surface area contributed by atoms with Crippen LogP contribution in [0.4, 0.5) is 0 Å². The van der Waals surface area contributed by atoms with Crippen LogP contribution in [0, 0.1) is 0 Å². The Morgan fingerprint density at radius 2 is 1.81 bits per heavy atom. The fourth-order valence-electron chi connectivity index (χ4n) is 3.27. The van der Waals surface area contributed by atoms with Crippen LogP contribution in [0.25, 0.3) is 0 Å². The SMILES string of the molecule is CCCCc1ccc(C(C)NC2CCC(SC)CC2)cc1. The molecular formula is C19H31NS. The summed E-state index contributed by atoms with van der Waals surface area (Å²) >= 11 is 2.04. The van der Waals surface area contributed by atoms with E-state index in [0.29, 0.717) is 12.1 Å². The summed E-state index contributed by atoms with van der Waals surface area (Å²) in [5.41, 5.74) is 2.91. The van der Waals surface area contributed by atoms with E-state index in [-0.39, 0.29) is 0 Å². The van der Waals surface area contributed by atoms with Gasteiger partial charge in [-0.25, -0.2) is 0 Å². The van der Waals surface area contributed by atoms with Gasteiger partial charge in [-0.3, -0.25) is 0 Å². The highest BCUT2D eigenvalue weighted by Gasteiger charge is 2.21. The lowest BCUT2D eigenvalue weighted by Gasteiger charge is -2.30. The summed E-state index contributed by atoms with van der Waals surface area (Å²) in [6.45, 7) is 4.56. The van der Waals surface area contributed by atoms with Gasteiger partial charge in [-0.1, -0.05) is 37.6 Å². The van der Waals surface area contributed by atoms with Gasteiger partial charge in [-0.2, -0.15) is 11.8 Å². The number of hydrogen-bond acceptors (Lipinski definition) is 2. The maximum atomic E-state index is 3.83. The molecule has 0 amide bonds. The second kappa shape index (κ2) is 8.85. The van der Waals surface area contributed by atoms with E-state index in [9.17, 15) is 0 Å². The third-order valence-electron chi connectivity index (χ3n) is 4.79. The van der Waals surface area contributed by atoms with Crippen LogP contribution >= 0.6 is 11.8 Å². The molecule has 0 heterocycles. The van der Waals surface area contributed by atoms with Gasteiger partial charge in [0, 0.05) is 17.3 Å². The third-order valence-corrected chi connectivity index (χ3v) is 5.93. The van der Waals surface area contributed by atoms with Crippen molar-refractivity contribution in [3.8, 4) is 0 Å². The number of unbranched alkanes of at least 4 members (excludes halogenated alkanes) is 1. The highest BCUT2D eigenvalue weighted by atomic mass is 32.2. The van der Waals surface area contributed by atoms with Crippen molar-refractivity contribution in [3.63, 3.8) is 0 Å². The lowest BCUT2D eigenvalue weighted by molar-refractivity contribution is 0.352. The monoisotopic (exact) mass is 305 g/mol. The number of aryl methyl sites for hydroxylation is 1. The van der Waals surface area contributed by atoms with Crippen molar-refractivity contribution in [1.29, 1.82) is 0 Å². The van der Waals surface area contributed by atoms with Crippen LogP contribution in [-0.4, -0.2) is 17.5 Å². The highest BCUT2D eigenvalue weighted by Crippen LogP contribution is 2.28. The molecule has 0 aromatic heterocycles. The van der Waals surface area contributed by atoms with Crippen LogP contribution in [-0.2, 0) is 6.42 Å². The fraction of sp³-hybridized carbons (Fsp3) is 0.684. The molecule has 1 aromatic rings. The molecule has 1 aromatic carbocycles. The molecule has 1 fully saturated rings. The topological polar surface area (TPSA) is 12.0 Å². The number of benzene rings is 1. The summed E-state index contributed by atoms with van der Waals surface area (Å²) < 4.78 is 0. The smallest absolute Gasteiger partial charge is 0.0294 e. The standard InChI is InChI=1S/C19H31NS/c1-4-5-6-16-7-9-17(10-8-16)15(2)20-18-11-13-19(21-3)14-12-18/h7-10,15,18-20H,4-6,11-14H2,1-3H3. The Bertz CT molecular complexity index is 393. The van der Waals surface area contributed by atoms with E-state index < -0.39 is 0 Å². The van der Waals surface area contributed by atoms with E-state index in [1.54, 1.807) is 0 Å². The summed E-state index contributed by atoms with van der Waals surface area (Å²) in [5, 5.41) is 4.73. The third kappa shape index (κ3) is 5.34. The molecule has 1 aliphatic rings. The maximum Gasteiger partial charge on any atom is 0.0294 e. The van der Waals surface area contributed by atoms with Crippen LogP contribution in [0.15, 0.2) is 24.3 Å². The summed E-state index contributed by atoms with van der Waals surface area (Å²) in [6, 6.07) is 10.4. The molecule has 2 rings (SSSR count). The minimum atomic E-state index is 0.473. The van der Waals surface area contributed by atoms with Crippen LogP contribution < -0.4 is 5.32 Å². The zero-order valence-electron chi connectivity index (χ0n) is 13.9. The molecule has 0 bridgehead atoms. The van der Waals surface area contributed by atoms with E-state index in [0.717, 1.165) is 5.25 Å². The summed E-state index contributed by atoms with van der Waals surface area (Å²) in [6.07, 6.45) is 11.5. The zero-order chi connectivity index (χ0) is 15.1. The number of nitrogens with one attached hydrogen (secondary N) is 1. The second-order valence-electron chi connectivity index (χ2n) is 6.44. The Kier molecular flexibility index (Phi) is 7.12. The molecule has 0 spiro atoms. The first-order chi connectivity index (χ1) is 10.2.